The number of furan rings is 1. The van der Waals surface area contributed by atoms with Gasteiger partial charge in [-0.25, -0.2) is 4.98 Å². The highest BCUT2D eigenvalue weighted by molar-refractivity contribution is 7.15. The average Bonchev–Trinajstić information content (AvgIpc) is 3.49. The normalized spacial score (nSPS) is 11.2. The Morgan fingerprint density at radius 1 is 1.22 bits per heavy atom. The summed E-state index contributed by atoms with van der Waals surface area (Å²) in [4.78, 5) is 28.3. The van der Waals surface area contributed by atoms with Crippen LogP contribution in [0.2, 0.25) is 10.0 Å². The minimum atomic E-state index is -0.642. The van der Waals surface area contributed by atoms with Gasteiger partial charge in [-0.3, -0.25) is 20.2 Å². The molecular weight excluding hydrogens is 523 g/mol. The SMILES string of the molecule is Cc1ccc(Cc2cnc(NC(=O)C(C#N)=Cc3ccc(-c4ccc(Cl)c([N+](=O)[O-])c4)o3)s2)cc1Cl. The minimum absolute atomic E-state index is 0.00636. The average molecular weight is 539 g/mol. The third-order valence-electron chi connectivity index (χ3n) is 5.09. The fraction of sp³-hybridized carbons (Fsp3) is 0.0800. The lowest BCUT2D eigenvalue weighted by Gasteiger charge is -2.02. The molecule has 11 heteroatoms. The molecule has 0 bridgehead atoms. The summed E-state index contributed by atoms with van der Waals surface area (Å²) in [6, 6.07) is 15.1. The molecule has 2 aromatic heterocycles. The van der Waals surface area contributed by atoms with Crippen molar-refractivity contribution in [3.63, 3.8) is 0 Å². The number of nitro groups is 1. The first kappa shape index (κ1) is 25.1. The molecule has 0 aliphatic rings. The van der Waals surface area contributed by atoms with E-state index in [0.717, 1.165) is 16.0 Å². The first-order chi connectivity index (χ1) is 17.2. The van der Waals surface area contributed by atoms with E-state index in [0.29, 0.717) is 27.9 Å². The van der Waals surface area contributed by atoms with E-state index in [4.69, 9.17) is 27.6 Å². The molecule has 4 rings (SSSR count). The van der Waals surface area contributed by atoms with Crippen LogP contribution in [-0.2, 0) is 11.2 Å². The standard InChI is InChI=1S/C25H16Cl2N4O4S/c1-14-2-3-15(9-21(14)27)8-19-13-29-25(36-19)30-24(32)17(12-28)10-18-5-7-23(35-18)16-4-6-20(26)22(11-16)31(33)34/h2-7,9-11,13H,8H2,1H3,(H,29,30,32). The van der Waals surface area contributed by atoms with Crippen LogP contribution in [0.5, 0.6) is 0 Å². The zero-order chi connectivity index (χ0) is 25.8. The van der Waals surface area contributed by atoms with Gasteiger partial charge in [-0.2, -0.15) is 5.26 Å². The summed E-state index contributed by atoms with van der Waals surface area (Å²) in [6.07, 6.45) is 3.55. The van der Waals surface area contributed by atoms with Crippen molar-refractivity contribution >= 4 is 57.3 Å². The number of hydrogen-bond donors (Lipinski definition) is 1. The van der Waals surface area contributed by atoms with Crippen molar-refractivity contribution in [1.29, 1.82) is 5.26 Å². The molecule has 0 saturated heterocycles. The van der Waals surface area contributed by atoms with E-state index < -0.39 is 10.8 Å². The Morgan fingerprint density at radius 2 is 2.03 bits per heavy atom. The number of aryl methyl sites for hydroxylation is 1. The van der Waals surface area contributed by atoms with Gasteiger partial charge in [0.15, 0.2) is 5.13 Å². The second-order valence-corrected chi connectivity index (χ2v) is 9.57. The Balaban J connectivity index is 1.46. The number of rotatable bonds is 7. The fourth-order valence-electron chi connectivity index (χ4n) is 3.24. The Morgan fingerprint density at radius 3 is 2.75 bits per heavy atom. The van der Waals surface area contributed by atoms with Gasteiger partial charge in [0.2, 0.25) is 0 Å². The fourth-order valence-corrected chi connectivity index (χ4v) is 4.47. The molecule has 2 aromatic carbocycles. The number of benzene rings is 2. The summed E-state index contributed by atoms with van der Waals surface area (Å²) in [5.74, 6) is -0.0956. The minimum Gasteiger partial charge on any atom is -0.457 e. The largest absolute Gasteiger partial charge is 0.457 e. The van der Waals surface area contributed by atoms with Crippen LogP contribution in [0.1, 0.15) is 21.8 Å². The van der Waals surface area contributed by atoms with E-state index in [-0.39, 0.29) is 22.0 Å². The number of hydrogen-bond acceptors (Lipinski definition) is 7. The quantitative estimate of drug-likeness (QED) is 0.116. The number of thiazole rings is 1. The van der Waals surface area contributed by atoms with Gasteiger partial charge < -0.3 is 4.42 Å². The number of aromatic nitrogens is 1. The molecule has 1 N–H and O–H groups in total. The van der Waals surface area contributed by atoms with Crippen LogP contribution >= 0.6 is 34.5 Å². The number of nitriles is 1. The number of carbonyl (C=O) groups excluding carboxylic acids is 1. The number of carbonyl (C=O) groups is 1. The molecule has 0 spiro atoms. The highest BCUT2D eigenvalue weighted by Crippen LogP contribution is 2.32. The number of nitro benzene ring substituents is 1. The van der Waals surface area contributed by atoms with Gasteiger partial charge in [0.1, 0.15) is 28.2 Å². The van der Waals surface area contributed by atoms with Crippen molar-refractivity contribution in [2.75, 3.05) is 5.32 Å². The lowest BCUT2D eigenvalue weighted by atomic mass is 10.1. The Hall–Kier alpha value is -3.97. The van der Waals surface area contributed by atoms with Gasteiger partial charge in [0.05, 0.1) is 4.92 Å². The van der Waals surface area contributed by atoms with Crippen LogP contribution in [-0.4, -0.2) is 15.8 Å². The maximum absolute atomic E-state index is 12.6. The topological polar surface area (TPSA) is 122 Å². The summed E-state index contributed by atoms with van der Waals surface area (Å²) < 4.78 is 5.67. The number of halogens is 2. The van der Waals surface area contributed by atoms with Crippen molar-refractivity contribution in [3.8, 4) is 17.4 Å². The summed E-state index contributed by atoms with van der Waals surface area (Å²) in [5, 5.41) is 24.3. The maximum atomic E-state index is 12.6. The number of anilines is 1. The molecule has 0 radical (unpaired) electrons. The van der Waals surface area contributed by atoms with Gasteiger partial charge in [-0.05, 0) is 48.4 Å². The van der Waals surface area contributed by atoms with Crippen LogP contribution in [0, 0.1) is 28.4 Å². The monoisotopic (exact) mass is 538 g/mol. The predicted molar refractivity (Wildman–Crippen MR) is 139 cm³/mol. The summed E-state index contributed by atoms with van der Waals surface area (Å²) in [6.45, 7) is 1.93. The van der Waals surface area contributed by atoms with Crippen molar-refractivity contribution in [1.82, 2.24) is 4.98 Å². The predicted octanol–water partition coefficient (Wildman–Crippen LogP) is 7.06. The van der Waals surface area contributed by atoms with Crippen molar-refractivity contribution < 1.29 is 14.1 Å². The Kier molecular flexibility index (Phi) is 7.50. The number of nitrogens with one attached hydrogen (secondary N) is 1. The van der Waals surface area contributed by atoms with E-state index >= 15 is 0 Å². The molecule has 180 valence electrons. The van der Waals surface area contributed by atoms with Gasteiger partial charge in [0, 0.05) is 40.2 Å². The van der Waals surface area contributed by atoms with Crippen LogP contribution < -0.4 is 5.32 Å². The van der Waals surface area contributed by atoms with E-state index in [9.17, 15) is 20.2 Å². The van der Waals surface area contributed by atoms with Gasteiger partial charge in [-0.1, -0.05) is 35.3 Å². The third kappa shape index (κ3) is 5.80. The molecule has 0 saturated carbocycles. The molecule has 0 aliphatic carbocycles. The summed E-state index contributed by atoms with van der Waals surface area (Å²) in [5.41, 5.74) is 1.99. The smallest absolute Gasteiger partial charge is 0.288 e. The molecule has 36 heavy (non-hydrogen) atoms. The second-order valence-electron chi connectivity index (χ2n) is 7.64. The molecule has 0 fully saturated rings. The molecule has 4 aromatic rings. The molecule has 0 atom stereocenters. The molecule has 0 aliphatic heterocycles. The van der Waals surface area contributed by atoms with E-state index in [2.05, 4.69) is 10.3 Å². The van der Waals surface area contributed by atoms with Crippen molar-refractivity contribution in [3.05, 3.63) is 102 Å². The van der Waals surface area contributed by atoms with E-state index in [1.165, 1.54) is 29.5 Å². The zero-order valence-corrected chi connectivity index (χ0v) is 20.9. The maximum Gasteiger partial charge on any atom is 0.288 e. The van der Waals surface area contributed by atoms with Gasteiger partial charge in [-0.15, -0.1) is 11.3 Å². The molecular formula is C25H16Cl2N4O4S. The van der Waals surface area contributed by atoms with Crippen LogP contribution in [0.3, 0.4) is 0 Å². The first-order valence-electron chi connectivity index (χ1n) is 10.4. The van der Waals surface area contributed by atoms with Crippen molar-refractivity contribution in [2.45, 2.75) is 13.3 Å². The van der Waals surface area contributed by atoms with Gasteiger partial charge >= 0.3 is 0 Å². The van der Waals surface area contributed by atoms with Gasteiger partial charge in [0.25, 0.3) is 11.6 Å². The highest BCUT2D eigenvalue weighted by atomic mass is 35.5. The molecule has 2 heterocycles. The lowest BCUT2D eigenvalue weighted by Crippen LogP contribution is -2.13. The summed E-state index contributed by atoms with van der Waals surface area (Å²) in [7, 11) is 0. The van der Waals surface area contributed by atoms with Crippen molar-refractivity contribution in [2.24, 2.45) is 0 Å². The second kappa shape index (κ2) is 10.7. The molecule has 1 amide bonds. The van der Waals surface area contributed by atoms with E-state index in [1.807, 2.05) is 31.2 Å². The zero-order valence-electron chi connectivity index (χ0n) is 18.6. The van der Waals surface area contributed by atoms with E-state index in [1.54, 1.807) is 24.4 Å². The third-order valence-corrected chi connectivity index (χ3v) is 6.73. The van der Waals surface area contributed by atoms with Crippen LogP contribution in [0.25, 0.3) is 17.4 Å². The number of nitrogens with zero attached hydrogens (tertiary/aromatic N) is 3. The summed E-state index contributed by atoms with van der Waals surface area (Å²) >= 11 is 13.3. The first-order valence-corrected chi connectivity index (χ1v) is 12.0. The van der Waals surface area contributed by atoms with Crippen LogP contribution in [0.15, 0.2) is 64.7 Å². The Bertz CT molecular complexity index is 1550. The highest BCUT2D eigenvalue weighted by Gasteiger charge is 2.17. The molecule has 8 nitrogen and oxygen atoms in total. The lowest BCUT2D eigenvalue weighted by molar-refractivity contribution is -0.384. The molecule has 0 unspecified atom stereocenters. The van der Waals surface area contributed by atoms with Crippen LogP contribution in [0.4, 0.5) is 10.8 Å². The Labute approximate surface area is 219 Å². The number of amides is 1.